The van der Waals surface area contributed by atoms with Crippen LogP contribution in [0.1, 0.15) is 10.4 Å². The van der Waals surface area contributed by atoms with Crippen LogP contribution >= 0.6 is 15.9 Å². The Morgan fingerprint density at radius 1 is 1.04 bits per heavy atom. The minimum Gasteiger partial charge on any atom is -0.493 e. The van der Waals surface area contributed by atoms with Crippen molar-refractivity contribution in [3.05, 3.63) is 46.4 Å². The molecule has 0 aliphatic rings. The van der Waals surface area contributed by atoms with Gasteiger partial charge >= 0.3 is 5.97 Å². The highest BCUT2D eigenvalue weighted by molar-refractivity contribution is 9.10. The third kappa shape index (κ3) is 4.23. The molecule has 2 aromatic rings. The van der Waals surface area contributed by atoms with E-state index in [1.54, 1.807) is 12.1 Å². The second kappa shape index (κ2) is 7.75. The summed E-state index contributed by atoms with van der Waals surface area (Å²) in [6.07, 6.45) is 0. The molecule has 0 aromatic heterocycles. The predicted octanol–water partition coefficient (Wildman–Crippen LogP) is 3.05. The summed E-state index contributed by atoms with van der Waals surface area (Å²) in [4.78, 5) is 12.1. The SMILES string of the molecule is COC(=O)c1cc(OC)c(OC)cc1NS(=O)(=O)c1cccc(Br)c1. The monoisotopic (exact) mass is 429 g/mol. The van der Waals surface area contributed by atoms with Crippen LogP contribution in [0.25, 0.3) is 0 Å². The molecule has 0 saturated carbocycles. The van der Waals surface area contributed by atoms with Crippen LogP contribution < -0.4 is 14.2 Å². The molecule has 0 radical (unpaired) electrons. The van der Waals surface area contributed by atoms with E-state index in [1.165, 1.54) is 45.6 Å². The Hall–Kier alpha value is -2.26. The van der Waals surface area contributed by atoms with Gasteiger partial charge in [-0.2, -0.15) is 0 Å². The van der Waals surface area contributed by atoms with Gasteiger partial charge in [-0.05, 0) is 18.2 Å². The van der Waals surface area contributed by atoms with Crippen molar-refractivity contribution in [2.45, 2.75) is 4.90 Å². The second-order valence-electron chi connectivity index (χ2n) is 4.81. The molecular weight excluding hydrogens is 414 g/mol. The minimum absolute atomic E-state index is 0.00118. The fourth-order valence-corrected chi connectivity index (χ4v) is 3.75. The molecule has 9 heteroatoms. The van der Waals surface area contributed by atoms with Crippen LogP contribution in [0.15, 0.2) is 45.8 Å². The molecular formula is C16H16BrNO6S. The van der Waals surface area contributed by atoms with Crippen molar-refractivity contribution >= 4 is 37.6 Å². The van der Waals surface area contributed by atoms with Crippen LogP contribution in [0.5, 0.6) is 11.5 Å². The highest BCUT2D eigenvalue weighted by Gasteiger charge is 2.22. The summed E-state index contributed by atoms with van der Waals surface area (Å²) in [6, 6.07) is 8.89. The zero-order valence-electron chi connectivity index (χ0n) is 13.7. The van der Waals surface area contributed by atoms with Gasteiger partial charge in [0.1, 0.15) is 0 Å². The lowest BCUT2D eigenvalue weighted by atomic mass is 10.1. The van der Waals surface area contributed by atoms with Gasteiger partial charge in [0.2, 0.25) is 0 Å². The number of nitrogens with one attached hydrogen (secondary N) is 1. The number of anilines is 1. The van der Waals surface area contributed by atoms with Crippen molar-refractivity contribution in [3.63, 3.8) is 0 Å². The maximum atomic E-state index is 12.6. The minimum atomic E-state index is -3.93. The van der Waals surface area contributed by atoms with E-state index in [4.69, 9.17) is 14.2 Å². The van der Waals surface area contributed by atoms with Crippen LogP contribution in [0.4, 0.5) is 5.69 Å². The number of methoxy groups -OCH3 is 3. The number of ether oxygens (including phenoxy) is 3. The number of esters is 1. The molecule has 134 valence electrons. The van der Waals surface area contributed by atoms with Gasteiger partial charge in [-0.15, -0.1) is 0 Å². The molecule has 2 rings (SSSR count). The number of hydrogen-bond acceptors (Lipinski definition) is 6. The first kappa shape index (κ1) is 19.1. The molecule has 0 aliphatic heterocycles. The number of halogens is 1. The van der Waals surface area contributed by atoms with E-state index in [0.29, 0.717) is 4.47 Å². The van der Waals surface area contributed by atoms with Gasteiger partial charge in [0.25, 0.3) is 10.0 Å². The smallest absolute Gasteiger partial charge is 0.340 e. The third-order valence-corrected chi connectivity index (χ3v) is 5.14. The molecule has 0 heterocycles. The van der Waals surface area contributed by atoms with E-state index in [2.05, 4.69) is 20.7 Å². The van der Waals surface area contributed by atoms with Gasteiger partial charge in [-0.25, -0.2) is 13.2 Å². The first-order valence-corrected chi connectivity index (χ1v) is 9.22. The summed E-state index contributed by atoms with van der Waals surface area (Å²) >= 11 is 3.23. The first-order valence-electron chi connectivity index (χ1n) is 6.95. The average molecular weight is 430 g/mol. The van der Waals surface area contributed by atoms with Gasteiger partial charge < -0.3 is 14.2 Å². The molecule has 0 bridgehead atoms. The summed E-state index contributed by atoms with van der Waals surface area (Å²) < 4.78 is 43.2. The molecule has 0 amide bonds. The zero-order chi connectivity index (χ0) is 18.6. The summed E-state index contributed by atoms with van der Waals surface area (Å²) in [5.74, 6) is -0.178. The Morgan fingerprint density at radius 3 is 2.24 bits per heavy atom. The molecule has 0 saturated heterocycles. The largest absolute Gasteiger partial charge is 0.493 e. The van der Waals surface area contributed by atoms with Crippen LogP contribution in [0.2, 0.25) is 0 Å². The summed E-state index contributed by atoms with van der Waals surface area (Å²) in [5.41, 5.74) is 0.0168. The van der Waals surface area contributed by atoms with Crippen LogP contribution in [-0.2, 0) is 14.8 Å². The lowest BCUT2D eigenvalue weighted by molar-refractivity contribution is 0.0601. The zero-order valence-corrected chi connectivity index (χ0v) is 16.1. The molecule has 25 heavy (non-hydrogen) atoms. The van der Waals surface area contributed by atoms with Crippen molar-refractivity contribution in [2.75, 3.05) is 26.1 Å². The fraction of sp³-hybridized carbons (Fsp3) is 0.188. The number of hydrogen-bond donors (Lipinski definition) is 1. The molecule has 0 aliphatic carbocycles. The van der Waals surface area contributed by atoms with Crippen LogP contribution in [0, 0.1) is 0 Å². The molecule has 0 atom stereocenters. The Bertz CT molecular complexity index is 897. The highest BCUT2D eigenvalue weighted by atomic mass is 79.9. The Kier molecular flexibility index (Phi) is 5.91. The Labute approximate surface area is 154 Å². The van der Waals surface area contributed by atoms with Crippen molar-refractivity contribution in [1.29, 1.82) is 0 Å². The van der Waals surface area contributed by atoms with Crippen LogP contribution in [-0.4, -0.2) is 35.7 Å². The van der Waals surface area contributed by atoms with E-state index in [-0.39, 0.29) is 27.6 Å². The quantitative estimate of drug-likeness (QED) is 0.709. The number of benzene rings is 2. The lowest BCUT2D eigenvalue weighted by Gasteiger charge is -2.15. The first-order chi connectivity index (χ1) is 11.8. The maximum Gasteiger partial charge on any atom is 0.340 e. The molecule has 1 N–H and O–H groups in total. The molecule has 0 spiro atoms. The van der Waals surface area contributed by atoms with E-state index in [1.807, 2.05) is 0 Å². The third-order valence-electron chi connectivity index (χ3n) is 3.28. The molecule has 7 nitrogen and oxygen atoms in total. The number of carbonyl (C=O) groups excluding carboxylic acids is 1. The number of carbonyl (C=O) groups is 1. The normalized spacial score (nSPS) is 10.9. The Morgan fingerprint density at radius 2 is 1.68 bits per heavy atom. The van der Waals surface area contributed by atoms with Crippen LogP contribution in [0.3, 0.4) is 0 Å². The number of rotatable bonds is 6. The van der Waals surface area contributed by atoms with E-state index in [9.17, 15) is 13.2 Å². The van der Waals surface area contributed by atoms with Gasteiger partial charge in [-0.3, -0.25) is 4.72 Å². The molecule has 0 fully saturated rings. The van der Waals surface area contributed by atoms with Crippen molar-refractivity contribution in [1.82, 2.24) is 0 Å². The number of sulfonamides is 1. The second-order valence-corrected chi connectivity index (χ2v) is 7.41. The molecule has 2 aromatic carbocycles. The standard InChI is InChI=1S/C16H16BrNO6S/c1-22-14-8-12(16(19)24-3)13(9-15(14)23-2)18-25(20,21)11-6-4-5-10(17)7-11/h4-9,18H,1-3H3. The van der Waals surface area contributed by atoms with Gasteiger partial charge in [0.05, 0.1) is 37.5 Å². The maximum absolute atomic E-state index is 12.6. The van der Waals surface area contributed by atoms with Gasteiger partial charge in [0.15, 0.2) is 11.5 Å². The fourth-order valence-electron chi connectivity index (χ4n) is 2.08. The van der Waals surface area contributed by atoms with Gasteiger partial charge in [-0.1, -0.05) is 22.0 Å². The van der Waals surface area contributed by atoms with Crippen molar-refractivity contribution in [3.8, 4) is 11.5 Å². The van der Waals surface area contributed by atoms with E-state index >= 15 is 0 Å². The highest BCUT2D eigenvalue weighted by Crippen LogP contribution is 2.34. The lowest BCUT2D eigenvalue weighted by Crippen LogP contribution is -2.16. The van der Waals surface area contributed by atoms with Crippen molar-refractivity contribution in [2.24, 2.45) is 0 Å². The Balaban J connectivity index is 2.55. The van der Waals surface area contributed by atoms with Crippen molar-refractivity contribution < 1.29 is 27.4 Å². The topological polar surface area (TPSA) is 90.9 Å². The van der Waals surface area contributed by atoms with E-state index < -0.39 is 16.0 Å². The summed E-state index contributed by atoms with van der Waals surface area (Å²) in [7, 11) is 0.0833. The predicted molar refractivity (Wildman–Crippen MR) is 95.8 cm³/mol. The average Bonchev–Trinajstić information content (AvgIpc) is 2.60. The molecule has 0 unspecified atom stereocenters. The van der Waals surface area contributed by atoms with E-state index in [0.717, 1.165) is 0 Å². The van der Waals surface area contributed by atoms with Gasteiger partial charge in [0, 0.05) is 16.6 Å². The summed E-state index contributed by atoms with van der Waals surface area (Å²) in [5, 5.41) is 0. The summed E-state index contributed by atoms with van der Waals surface area (Å²) in [6.45, 7) is 0.